The first kappa shape index (κ1) is 27.5. The fourth-order valence-electron chi connectivity index (χ4n) is 4.43. The minimum absolute atomic E-state index is 0.189. The third-order valence-electron chi connectivity index (χ3n) is 6.63. The van der Waals surface area contributed by atoms with E-state index >= 15 is 0 Å². The summed E-state index contributed by atoms with van der Waals surface area (Å²) in [6.07, 6.45) is 12.8. The molecule has 1 N–H and O–H groups in total. The van der Waals surface area contributed by atoms with E-state index in [4.69, 9.17) is 0 Å². The number of nitrogens with one attached hydrogen (secondary N) is 1. The number of carbonyl (C=O) groups excluding carboxylic acids is 1. The highest BCUT2D eigenvalue weighted by Gasteiger charge is 2.20. The maximum absolute atomic E-state index is 13.1. The van der Waals surface area contributed by atoms with Crippen molar-refractivity contribution in [2.75, 3.05) is 44.2 Å². The largest absolute Gasteiger partial charge is 0.355 e. The number of hydrogen-bond acceptors (Lipinski definition) is 6. The standard InChI is InChI=1S/C27H42FN5OS/c1-2-3-4-5-6-7-8-9-10-11-26(34)29-16-17-32-18-20-33(21-19-32)27-30-25(31-35-27)22-23-12-14-24(28)15-13-23/h12-15H,2-11,16-22H2,1H3,(H,29,34). The van der Waals surface area contributed by atoms with Gasteiger partial charge in [0, 0.05) is 63.6 Å². The average Bonchev–Trinajstić information content (AvgIpc) is 3.33. The molecule has 0 aliphatic carbocycles. The first-order chi connectivity index (χ1) is 17.1. The maximum Gasteiger partial charge on any atom is 0.220 e. The van der Waals surface area contributed by atoms with Crippen LogP contribution in [0, 0.1) is 5.82 Å². The van der Waals surface area contributed by atoms with Gasteiger partial charge < -0.3 is 10.2 Å². The topological polar surface area (TPSA) is 61.4 Å². The van der Waals surface area contributed by atoms with Crippen molar-refractivity contribution in [3.63, 3.8) is 0 Å². The summed E-state index contributed by atoms with van der Waals surface area (Å²) < 4.78 is 17.6. The fraction of sp³-hybridized carbons (Fsp3) is 0.667. The highest BCUT2D eigenvalue weighted by atomic mass is 32.1. The lowest BCUT2D eigenvalue weighted by molar-refractivity contribution is -0.121. The van der Waals surface area contributed by atoms with Gasteiger partial charge in [-0.2, -0.15) is 4.37 Å². The Morgan fingerprint density at radius 1 is 0.971 bits per heavy atom. The monoisotopic (exact) mass is 503 g/mol. The molecule has 8 heteroatoms. The molecule has 0 bridgehead atoms. The number of carbonyl (C=O) groups is 1. The number of piperazine rings is 1. The van der Waals surface area contributed by atoms with Gasteiger partial charge in [0.2, 0.25) is 11.0 Å². The molecule has 2 aromatic rings. The molecule has 1 aliphatic heterocycles. The lowest BCUT2D eigenvalue weighted by atomic mass is 10.1. The Hall–Kier alpha value is -2.06. The summed E-state index contributed by atoms with van der Waals surface area (Å²) in [5.41, 5.74) is 1.01. The first-order valence-corrected chi connectivity index (χ1v) is 14.2. The number of rotatable bonds is 16. The number of halogens is 1. The highest BCUT2D eigenvalue weighted by molar-refractivity contribution is 7.09. The zero-order valence-electron chi connectivity index (χ0n) is 21.3. The van der Waals surface area contributed by atoms with Gasteiger partial charge in [-0.15, -0.1) is 0 Å². The van der Waals surface area contributed by atoms with E-state index in [1.165, 1.54) is 75.0 Å². The van der Waals surface area contributed by atoms with E-state index in [1.54, 1.807) is 12.1 Å². The van der Waals surface area contributed by atoms with Gasteiger partial charge in [-0.25, -0.2) is 9.37 Å². The molecular weight excluding hydrogens is 461 g/mol. The lowest BCUT2D eigenvalue weighted by Crippen LogP contribution is -2.48. The van der Waals surface area contributed by atoms with Crippen LogP contribution in [0.25, 0.3) is 0 Å². The minimum atomic E-state index is -0.225. The molecule has 194 valence electrons. The summed E-state index contributed by atoms with van der Waals surface area (Å²) in [5, 5.41) is 4.04. The number of nitrogens with zero attached hydrogens (tertiary/aromatic N) is 4. The first-order valence-electron chi connectivity index (χ1n) is 13.4. The summed E-state index contributed by atoms with van der Waals surface area (Å²) in [6, 6.07) is 6.51. The summed E-state index contributed by atoms with van der Waals surface area (Å²) in [6.45, 7) is 7.61. The van der Waals surface area contributed by atoms with Gasteiger partial charge in [-0.1, -0.05) is 70.4 Å². The molecular formula is C27H42FN5OS. The number of hydrogen-bond donors (Lipinski definition) is 1. The van der Waals surface area contributed by atoms with Crippen molar-refractivity contribution in [1.82, 2.24) is 19.6 Å². The van der Waals surface area contributed by atoms with Gasteiger partial charge in [-0.3, -0.25) is 9.69 Å². The van der Waals surface area contributed by atoms with Crippen LogP contribution in [0.15, 0.2) is 24.3 Å². The molecule has 0 radical (unpaired) electrons. The fourth-order valence-corrected chi connectivity index (χ4v) is 5.17. The van der Waals surface area contributed by atoms with Crippen LogP contribution >= 0.6 is 11.5 Å². The molecule has 1 aromatic heterocycles. The molecule has 1 aliphatic rings. The molecule has 0 saturated carbocycles. The van der Waals surface area contributed by atoms with Gasteiger partial charge in [-0.05, 0) is 24.1 Å². The van der Waals surface area contributed by atoms with Crippen molar-refractivity contribution in [3.05, 3.63) is 41.5 Å². The second-order valence-corrected chi connectivity index (χ2v) is 10.3. The number of benzene rings is 1. The van der Waals surface area contributed by atoms with Crippen molar-refractivity contribution < 1.29 is 9.18 Å². The molecule has 1 amide bonds. The number of unbranched alkanes of at least 4 members (excludes halogenated alkanes) is 8. The normalized spacial score (nSPS) is 14.4. The third-order valence-corrected chi connectivity index (χ3v) is 7.45. The van der Waals surface area contributed by atoms with Crippen LogP contribution < -0.4 is 10.2 Å². The van der Waals surface area contributed by atoms with Gasteiger partial charge in [0.15, 0.2) is 0 Å². The van der Waals surface area contributed by atoms with Crippen LogP contribution in [0.5, 0.6) is 0 Å². The van der Waals surface area contributed by atoms with Crippen molar-refractivity contribution >= 4 is 22.6 Å². The van der Waals surface area contributed by atoms with Crippen molar-refractivity contribution in [2.45, 2.75) is 77.6 Å². The number of aromatic nitrogens is 2. The average molecular weight is 504 g/mol. The Labute approximate surface area is 214 Å². The van der Waals surface area contributed by atoms with E-state index in [1.807, 2.05) is 0 Å². The number of anilines is 1. The Bertz CT molecular complexity index is 852. The molecule has 1 saturated heterocycles. The van der Waals surface area contributed by atoms with E-state index in [0.29, 0.717) is 12.8 Å². The molecule has 0 spiro atoms. The molecule has 0 unspecified atom stereocenters. The Morgan fingerprint density at radius 3 is 2.31 bits per heavy atom. The number of amides is 1. The van der Waals surface area contributed by atoms with Crippen molar-refractivity contribution in [2.24, 2.45) is 0 Å². The zero-order chi connectivity index (χ0) is 24.7. The zero-order valence-corrected chi connectivity index (χ0v) is 22.1. The molecule has 1 fully saturated rings. The lowest BCUT2D eigenvalue weighted by Gasteiger charge is -2.34. The van der Waals surface area contributed by atoms with Gasteiger partial charge in [0.1, 0.15) is 11.6 Å². The molecule has 3 rings (SSSR count). The van der Waals surface area contributed by atoms with Gasteiger partial charge >= 0.3 is 0 Å². The van der Waals surface area contributed by atoms with Crippen LogP contribution in [0.3, 0.4) is 0 Å². The van der Waals surface area contributed by atoms with Crippen LogP contribution in [0.2, 0.25) is 0 Å². The van der Waals surface area contributed by atoms with Crippen molar-refractivity contribution in [1.29, 1.82) is 0 Å². The van der Waals surface area contributed by atoms with Gasteiger partial charge in [0.05, 0.1) is 0 Å². The highest BCUT2D eigenvalue weighted by Crippen LogP contribution is 2.20. The predicted molar refractivity (Wildman–Crippen MR) is 143 cm³/mol. The van der Waals surface area contributed by atoms with E-state index in [-0.39, 0.29) is 11.7 Å². The van der Waals surface area contributed by atoms with Crippen molar-refractivity contribution in [3.8, 4) is 0 Å². The summed E-state index contributed by atoms with van der Waals surface area (Å²) in [5.74, 6) is 0.750. The SMILES string of the molecule is CCCCCCCCCCCC(=O)NCCN1CCN(c2nc(Cc3ccc(F)cc3)ns2)CC1. The summed E-state index contributed by atoms with van der Waals surface area (Å²) in [7, 11) is 0. The summed E-state index contributed by atoms with van der Waals surface area (Å²) in [4.78, 5) is 21.5. The maximum atomic E-state index is 13.1. The van der Waals surface area contributed by atoms with Crippen LogP contribution in [-0.4, -0.2) is 59.4 Å². The Balaban J connectivity index is 1.22. The van der Waals surface area contributed by atoms with E-state index in [9.17, 15) is 9.18 Å². The van der Waals surface area contributed by atoms with Gasteiger partial charge in [0.25, 0.3) is 0 Å². The Kier molecular flexibility index (Phi) is 12.5. The molecule has 0 atom stereocenters. The quantitative estimate of drug-likeness (QED) is 0.310. The van der Waals surface area contributed by atoms with E-state index in [0.717, 1.165) is 62.2 Å². The second kappa shape index (κ2) is 15.8. The van der Waals surface area contributed by atoms with Crippen LogP contribution in [-0.2, 0) is 11.2 Å². The minimum Gasteiger partial charge on any atom is -0.355 e. The van der Waals surface area contributed by atoms with E-state index < -0.39 is 0 Å². The van der Waals surface area contributed by atoms with E-state index in [2.05, 4.69) is 31.4 Å². The molecule has 6 nitrogen and oxygen atoms in total. The third kappa shape index (κ3) is 10.6. The molecule has 1 aromatic carbocycles. The smallest absolute Gasteiger partial charge is 0.220 e. The molecule has 2 heterocycles. The second-order valence-electron chi connectivity index (χ2n) is 9.55. The predicted octanol–water partition coefficient (Wildman–Crippen LogP) is 5.43. The van der Waals surface area contributed by atoms with Crippen LogP contribution in [0.1, 0.15) is 82.5 Å². The molecule has 35 heavy (non-hydrogen) atoms. The Morgan fingerprint density at radius 2 is 1.63 bits per heavy atom. The summed E-state index contributed by atoms with van der Waals surface area (Å²) >= 11 is 1.43. The van der Waals surface area contributed by atoms with Crippen LogP contribution in [0.4, 0.5) is 9.52 Å².